The number of hydrogen-bond acceptors (Lipinski definition) is 6. The van der Waals surface area contributed by atoms with Gasteiger partial charge in [-0.25, -0.2) is 17.5 Å². The fourth-order valence-corrected chi connectivity index (χ4v) is 4.45. The number of sulfonamides is 1. The molecular weight excluding hydrogens is 427 g/mol. The lowest BCUT2D eigenvalue weighted by Gasteiger charge is -2.19. The number of benzene rings is 2. The van der Waals surface area contributed by atoms with E-state index in [1.807, 2.05) is 0 Å². The SMILES string of the molecule is COC(=O)CC(NC(=O)c1ccc(OC)c(S(=O)(=O)NC2CC2)c1)c1ccc(F)cc1. The third-order valence-corrected chi connectivity index (χ3v) is 6.33. The van der Waals surface area contributed by atoms with E-state index in [-0.39, 0.29) is 28.7 Å². The van der Waals surface area contributed by atoms with Crippen molar-refractivity contribution in [2.45, 2.75) is 36.2 Å². The number of amides is 1. The molecule has 0 aliphatic heterocycles. The monoisotopic (exact) mass is 450 g/mol. The van der Waals surface area contributed by atoms with Crippen LogP contribution in [0.1, 0.15) is 41.2 Å². The first kappa shape index (κ1) is 22.7. The van der Waals surface area contributed by atoms with Gasteiger partial charge < -0.3 is 14.8 Å². The standard InChI is InChI=1S/C21H23FN2O6S/c1-29-18-10-5-14(11-19(18)31(27,28)24-16-8-9-16)21(26)23-17(12-20(25)30-2)13-3-6-15(22)7-4-13/h3-7,10-11,16-17,24H,8-9,12H2,1-2H3,(H,23,26). The van der Waals surface area contributed by atoms with Gasteiger partial charge in [-0.1, -0.05) is 12.1 Å². The van der Waals surface area contributed by atoms with Crippen molar-refractivity contribution in [3.8, 4) is 5.75 Å². The van der Waals surface area contributed by atoms with Gasteiger partial charge in [0.15, 0.2) is 0 Å². The van der Waals surface area contributed by atoms with Crippen LogP contribution in [0.3, 0.4) is 0 Å². The van der Waals surface area contributed by atoms with E-state index in [0.29, 0.717) is 5.56 Å². The van der Waals surface area contributed by atoms with Crippen LogP contribution in [0.2, 0.25) is 0 Å². The van der Waals surface area contributed by atoms with E-state index in [1.54, 1.807) is 0 Å². The van der Waals surface area contributed by atoms with E-state index in [1.165, 1.54) is 56.7 Å². The molecular formula is C21H23FN2O6S. The molecule has 0 spiro atoms. The Labute approximate surface area is 179 Å². The fraction of sp³-hybridized carbons (Fsp3) is 0.333. The minimum Gasteiger partial charge on any atom is -0.495 e. The summed E-state index contributed by atoms with van der Waals surface area (Å²) in [6.07, 6.45) is 1.33. The van der Waals surface area contributed by atoms with Gasteiger partial charge in [0.25, 0.3) is 5.91 Å². The van der Waals surface area contributed by atoms with Crippen molar-refractivity contribution in [1.82, 2.24) is 10.0 Å². The minimum atomic E-state index is -3.87. The van der Waals surface area contributed by atoms with E-state index in [0.717, 1.165) is 12.8 Å². The highest BCUT2D eigenvalue weighted by molar-refractivity contribution is 7.89. The van der Waals surface area contributed by atoms with E-state index < -0.39 is 33.8 Å². The van der Waals surface area contributed by atoms with Crippen LogP contribution in [0.4, 0.5) is 4.39 Å². The maximum atomic E-state index is 13.3. The molecule has 31 heavy (non-hydrogen) atoms. The van der Waals surface area contributed by atoms with Gasteiger partial charge in [-0.2, -0.15) is 0 Å². The average Bonchev–Trinajstić information content (AvgIpc) is 3.56. The summed E-state index contributed by atoms with van der Waals surface area (Å²) in [7, 11) is -1.31. The fourth-order valence-electron chi connectivity index (χ4n) is 2.95. The number of esters is 1. The van der Waals surface area contributed by atoms with Gasteiger partial charge in [-0.3, -0.25) is 9.59 Å². The van der Waals surface area contributed by atoms with Crippen LogP contribution in [-0.2, 0) is 19.6 Å². The zero-order chi connectivity index (χ0) is 22.6. The van der Waals surface area contributed by atoms with Crippen molar-refractivity contribution >= 4 is 21.9 Å². The van der Waals surface area contributed by atoms with Crippen LogP contribution in [-0.4, -0.2) is 40.6 Å². The lowest BCUT2D eigenvalue weighted by molar-refractivity contribution is -0.141. The smallest absolute Gasteiger partial charge is 0.307 e. The van der Waals surface area contributed by atoms with Crippen molar-refractivity contribution in [3.05, 3.63) is 59.4 Å². The number of carbonyl (C=O) groups excluding carboxylic acids is 2. The Hall–Kier alpha value is -2.98. The van der Waals surface area contributed by atoms with Gasteiger partial charge in [-0.05, 0) is 48.7 Å². The van der Waals surface area contributed by atoms with Crippen LogP contribution in [0.15, 0.2) is 47.4 Å². The molecule has 8 nitrogen and oxygen atoms in total. The van der Waals surface area contributed by atoms with E-state index in [4.69, 9.17) is 4.74 Å². The quantitative estimate of drug-likeness (QED) is 0.567. The summed E-state index contributed by atoms with van der Waals surface area (Å²) in [5.74, 6) is -1.53. The lowest BCUT2D eigenvalue weighted by atomic mass is 10.0. The summed E-state index contributed by atoms with van der Waals surface area (Å²) in [6.45, 7) is 0. The molecule has 2 aromatic rings. The molecule has 1 atom stereocenters. The molecule has 10 heteroatoms. The number of methoxy groups -OCH3 is 2. The van der Waals surface area contributed by atoms with Crippen LogP contribution >= 0.6 is 0 Å². The lowest BCUT2D eigenvalue weighted by Crippen LogP contribution is -2.31. The van der Waals surface area contributed by atoms with Crippen molar-refractivity contribution in [1.29, 1.82) is 0 Å². The first-order chi connectivity index (χ1) is 14.7. The molecule has 1 aliphatic rings. The molecule has 2 aromatic carbocycles. The summed E-state index contributed by atoms with van der Waals surface area (Å²) in [5.41, 5.74) is 0.561. The molecule has 1 saturated carbocycles. The topological polar surface area (TPSA) is 111 Å². The largest absolute Gasteiger partial charge is 0.495 e. The van der Waals surface area contributed by atoms with Crippen LogP contribution in [0, 0.1) is 5.82 Å². The molecule has 0 heterocycles. The number of ether oxygens (including phenoxy) is 2. The summed E-state index contributed by atoms with van der Waals surface area (Å²) < 4.78 is 51.0. The maximum Gasteiger partial charge on any atom is 0.307 e. The first-order valence-electron chi connectivity index (χ1n) is 9.57. The molecule has 1 amide bonds. The number of halogens is 1. The van der Waals surface area contributed by atoms with Crippen molar-refractivity contribution in [3.63, 3.8) is 0 Å². The van der Waals surface area contributed by atoms with Gasteiger partial charge >= 0.3 is 5.97 Å². The van der Waals surface area contributed by atoms with Crippen molar-refractivity contribution in [2.75, 3.05) is 14.2 Å². The predicted molar refractivity (Wildman–Crippen MR) is 110 cm³/mol. The predicted octanol–water partition coefficient (Wildman–Crippen LogP) is 2.31. The second-order valence-electron chi connectivity index (χ2n) is 7.12. The number of carbonyl (C=O) groups is 2. The summed E-state index contributed by atoms with van der Waals surface area (Å²) in [4.78, 5) is 24.5. The second-order valence-corrected chi connectivity index (χ2v) is 8.80. The van der Waals surface area contributed by atoms with Gasteiger partial charge in [0.05, 0.1) is 26.7 Å². The number of nitrogens with one attached hydrogen (secondary N) is 2. The first-order valence-corrected chi connectivity index (χ1v) is 11.1. The molecule has 1 unspecified atom stereocenters. The molecule has 0 bridgehead atoms. The van der Waals surface area contributed by atoms with Gasteiger partial charge in [0.1, 0.15) is 16.5 Å². The summed E-state index contributed by atoms with van der Waals surface area (Å²) in [5, 5.41) is 2.69. The summed E-state index contributed by atoms with van der Waals surface area (Å²) in [6, 6.07) is 8.45. The zero-order valence-electron chi connectivity index (χ0n) is 17.1. The molecule has 1 aliphatic carbocycles. The molecule has 2 N–H and O–H groups in total. The Balaban J connectivity index is 1.88. The zero-order valence-corrected chi connectivity index (χ0v) is 17.9. The Morgan fingerprint density at radius 1 is 1.13 bits per heavy atom. The highest BCUT2D eigenvalue weighted by Gasteiger charge is 2.30. The Morgan fingerprint density at radius 3 is 2.39 bits per heavy atom. The third-order valence-electron chi connectivity index (χ3n) is 4.79. The molecule has 1 fully saturated rings. The highest BCUT2D eigenvalue weighted by Crippen LogP contribution is 2.29. The Bertz CT molecular complexity index is 1070. The van der Waals surface area contributed by atoms with E-state index in [9.17, 15) is 22.4 Å². The van der Waals surface area contributed by atoms with Crippen LogP contribution in [0.5, 0.6) is 5.75 Å². The van der Waals surface area contributed by atoms with Crippen molar-refractivity contribution in [2.24, 2.45) is 0 Å². The maximum absolute atomic E-state index is 13.3. The molecule has 3 rings (SSSR count). The van der Waals surface area contributed by atoms with Crippen LogP contribution in [0.25, 0.3) is 0 Å². The summed E-state index contributed by atoms with van der Waals surface area (Å²) >= 11 is 0. The molecule has 0 radical (unpaired) electrons. The number of rotatable bonds is 9. The molecule has 166 valence electrons. The molecule has 0 aromatic heterocycles. The third kappa shape index (κ3) is 5.80. The van der Waals surface area contributed by atoms with Gasteiger partial charge in [-0.15, -0.1) is 0 Å². The van der Waals surface area contributed by atoms with Gasteiger partial charge in [0.2, 0.25) is 10.0 Å². The van der Waals surface area contributed by atoms with Gasteiger partial charge in [0, 0.05) is 11.6 Å². The van der Waals surface area contributed by atoms with Crippen LogP contribution < -0.4 is 14.8 Å². The van der Waals surface area contributed by atoms with Crippen molar-refractivity contribution < 1.29 is 31.9 Å². The average molecular weight is 450 g/mol. The van der Waals surface area contributed by atoms with E-state index >= 15 is 0 Å². The minimum absolute atomic E-state index is 0.0638. The van der Waals surface area contributed by atoms with E-state index in [2.05, 4.69) is 14.8 Å². The molecule has 0 saturated heterocycles. The number of hydrogen-bond donors (Lipinski definition) is 2. The Morgan fingerprint density at radius 2 is 1.81 bits per heavy atom. The second kappa shape index (κ2) is 9.44. The highest BCUT2D eigenvalue weighted by atomic mass is 32.2. The Kier molecular flexibility index (Phi) is 6.91. The normalized spacial score (nSPS) is 14.5.